The maximum atomic E-state index is 12.7. The van der Waals surface area contributed by atoms with Crippen molar-refractivity contribution in [2.45, 2.75) is 45.1 Å². The van der Waals surface area contributed by atoms with E-state index >= 15 is 0 Å². The summed E-state index contributed by atoms with van der Waals surface area (Å²) in [7, 11) is 0. The van der Waals surface area contributed by atoms with Crippen LogP contribution in [0, 0.1) is 0 Å². The first kappa shape index (κ1) is 19.9. The number of amides is 1. The minimum atomic E-state index is -0.286. The minimum Gasteiger partial charge on any atom is -0.357 e. The number of hydrogen-bond donors (Lipinski definition) is 1. The standard InChI is InChI=1S/C21H27ClN6O/c22-17-15-25-21(28-11-5-6-12-28)26-19(17)20(29)24-14-16-7-8-23-18(13-16)27-9-3-1-2-4-10-27/h7-8,13,15H,1-6,9-12,14H2,(H,24,29). The fraction of sp³-hybridized carbons (Fsp3) is 0.524. The molecule has 0 bridgehead atoms. The third-order valence-electron chi connectivity index (χ3n) is 5.53. The quantitative estimate of drug-likeness (QED) is 0.807. The highest BCUT2D eigenvalue weighted by Crippen LogP contribution is 2.21. The number of carbonyl (C=O) groups is 1. The smallest absolute Gasteiger partial charge is 0.271 e. The number of rotatable bonds is 5. The Hall–Kier alpha value is -2.41. The zero-order valence-corrected chi connectivity index (χ0v) is 17.4. The van der Waals surface area contributed by atoms with Gasteiger partial charge in [-0.1, -0.05) is 24.4 Å². The summed E-state index contributed by atoms with van der Waals surface area (Å²) in [6.07, 6.45) is 10.5. The number of aromatic nitrogens is 3. The van der Waals surface area contributed by atoms with Crippen molar-refractivity contribution < 1.29 is 4.79 Å². The highest BCUT2D eigenvalue weighted by Gasteiger charge is 2.19. The summed E-state index contributed by atoms with van der Waals surface area (Å²) in [5.74, 6) is 1.27. The van der Waals surface area contributed by atoms with Gasteiger partial charge in [0.25, 0.3) is 5.91 Å². The van der Waals surface area contributed by atoms with Gasteiger partial charge in [-0.2, -0.15) is 0 Å². The molecule has 154 valence electrons. The Bertz CT molecular complexity index is 847. The monoisotopic (exact) mass is 414 g/mol. The van der Waals surface area contributed by atoms with Gasteiger partial charge < -0.3 is 15.1 Å². The number of halogens is 1. The van der Waals surface area contributed by atoms with Crippen molar-refractivity contribution >= 4 is 29.3 Å². The van der Waals surface area contributed by atoms with E-state index in [-0.39, 0.29) is 16.6 Å². The van der Waals surface area contributed by atoms with Gasteiger partial charge in [-0.05, 0) is 43.4 Å². The van der Waals surface area contributed by atoms with Gasteiger partial charge in [-0.3, -0.25) is 4.79 Å². The summed E-state index contributed by atoms with van der Waals surface area (Å²) in [4.78, 5) is 30.4. The van der Waals surface area contributed by atoms with Crippen LogP contribution < -0.4 is 15.1 Å². The second-order valence-corrected chi connectivity index (χ2v) is 8.07. The summed E-state index contributed by atoms with van der Waals surface area (Å²) in [6, 6.07) is 3.99. The Morgan fingerprint density at radius 1 is 1.00 bits per heavy atom. The molecule has 7 nitrogen and oxygen atoms in total. The van der Waals surface area contributed by atoms with Gasteiger partial charge in [0.2, 0.25) is 5.95 Å². The van der Waals surface area contributed by atoms with Crippen molar-refractivity contribution in [3.05, 3.63) is 40.8 Å². The summed E-state index contributed by atoms with van der Waals surface area (Å²) >= 11 is 6.20. The van der Waals surface area contributed by atoms with Gasteiger partial charge >= 0.3 is 0 Å². The number of nitrogens with zero attached hydrogens (tertiary/aromatic N) is 5. The van der Waals surface area contributed by atoms with Crippen LogP contribution in [0.3, 0.4) is 0 Å². The van der Waals surface area contributed by atoms with Crippen LogP contribution in [0.5, 0.6) is 0 Å². The Balaban J connectivity index is 1.42. The molecule has 0 atom stereocenters. The predicted molar refractivity (Wildman–Crippen MR) is 115 cm³/mol. The number of pyridine rings is 1. The zero-order valence-electron chi connectivity index (χ0n) is 16.6. The first-order chi connectivity index (χ1) is 14.2. The van der Waals surface area contributed by atoms with Crippen LogP contribution in [0.1, 0.15) is 54.6 Å². The number of carbonyl (C=O) groups excluding carboxylic acids is 1. The molecule has 2 aromatic heterocycles. The van der Waals surface area contributed by atoms with Crippen molar-refractivity contribution in [3.8, 4) is 0 Å². The summed E-state index contributed by atoms with van der Waals surface area (Å²) in [5, 5.41) is 3.21. The van der Waals surface area contributed by atoms with E-state index in [0.717, 1.165) is 50.4 Å². The van der Waals surface area contributed by atoms with E-state index in [9.17, 15) is 4.79 Å². The lowest BCUT2D eigenvalue weighted by Crippen LogP contribution is -2.27. The van der Waals surface area contributed by atoms with Crippen LogP contribution in [0.4, 0.5) is 11.8 Å². The summed E-state index contributed by atoms with van der Waals surface area (Å²) < 4.78 is 0. The molecule has 1 amide bonds. The lowest BCUT2D eigenvalue weighted by molar-refractivity contribution is 0.0946. The Morgan fingerprint density at radius 3 is 2.45 bits per heavy atom. The highest BCUT2D eigenvalue weighted by molar-refractivity contribution is 6.33. The average molecular weight is 415 g/mol. The molecule has 0 aliphatic carbocycles. The van der Waals surface area contributed by atoms with E-state index in [2.05, 4.69) is 36.1 Å². The average Bonchev–Trinajstić information content (AvgIpc) is 3.15. The fourth-order valence-corrected chi connectivity index (χ4v) is 4.07. The van der Waals surface area contributed by atoms with E-state index < -0.39 is 0 Å². The molecule has 2 aliphatic rings. The molecular formula is C21H27ClN6O. The molecule has 2 fully saturated rings. The van der Waals surface area contributed by atoms with Crippen LogP contribution in [-0.2, 0) is 6.54 Å². The second kappa shape index (κ2) is 9.39. The predicted octanol–water partition coefficient (Wildman–Crippen LogP) is 3.44. The van der Waals surface area contributed by atoms with Gasteiger partial charge in [0.05, 0.1) is 11.2 Å². The van der Waals surface area contributed by atoms with Gasteiger partial charge in [0.15, 0.2) is 5.69 Å². The summed E-state index contributed by atoms with van der Waals surface area (Å²) in [6.45, 7) is 4.32. The highest BCUT2D eigenvalue weighted by atomic mass is 35.5. The molecule has 0 spiro atoms. The van der Waals surface area contributed by atoms with Crippen LogP contribution >= 0.6 is 11.6 Å². The van der Waals surface area contributed by atoms with Gasteiger partial charge in [0.1, 0.15) is 5.82 Å². The van der Waals surface area contributed by atoms with E-state index in [0.29, 0.717) is 12.5 Å². The number of anilines is 2. The maximum Gasteiger partial charge on any atom is 0.271 e. The van der Waals surface area contributed by atoms with Gasteiger partial charge in [-0.25, -0.2) is 15.0 Å². The van der Waals surface area contributed by atoms with Crippen LogP contribution in [0.2, 0.25) is 5.02 Å². The lowest BCUT2D eigenvalue weighted by atomic mass is 10.2. The van der Waals surface area contributed by atoms with Crippen molar-refractivity contribution in [1.29, 1.82) is 0 Å². The van der Waals surface area contributed by atoms with Crippen LogP contribution in [0.25, 0.3) is 0 Å². The van der Waals surface area contributed by atoms with E-state index in [4.69, 9.17) is 11.6 Å². The lowest BCUT2D eigenvalue weighted by Gasteiger charge is -2.21. The van der Waals surface area contributed by atoms with Crippen molar-refractivity contribution in [2.75, 3.05) is 36.0 Å². The fourth-order valence-electron chi connectivity index (χ4n) is 3.90. The Labute approximate surface area is 176 Å². The topological polar surface area (TPSA) is 74.2 Å². The zero-order chi connectivity index (χ0) is 20.1. The number of nitrogens with one attached hydrogen (secondary N) is 1. The molecule has 1 N–H and O–H groups in total. The molecule has 4 rings (SSSR count). The van der Waals surface area contributed by atoms with Gasteiger partial charge in [-0.15, -0.1) is 0 Å². The normalized spacial score (nSPS) is 17.3. The third-order valence-corrected chi connectivity index (χ3v) is 5.81. The van der Waals surface area contributed by atoms with Crippen molar-refractivity contribution in [3.63, 3.8) is 0 Å². The Kier molecular flexibility index (Phi) is 6.44. The molecule has 2 aromatic rings. The largest absolute Gasteiger partial charge is 0.357 e. The molecule has 0 unspecified atom stereocenters. The SMILES string of the molecule is O=C(NCc1ccnc(N2CCCCCC2)c1)c1nc(N2CCCC2)ncc1Cl. The molecule has 0 aromatic carbocycles. The molecular weight excluding hydrogens is 388 g/mol. The molecule has 29 heavy (non-hydrogen) atoms. The first-order valence-corrected chi connectivity index (χ1v) is 10.8. The van der Waals surface area contributed by atoms with E-state index in [1.54, 1.807) is 0 Å². The molecule has 8 heteroatoms. The molecule has 4 heterocycles. The number of hydrogen-bond acceptors (Lipinski definition) is 6. The van der Waals surface area contributed by atoms with E-state index in [1.807, 2.05) is 12.3 Å². The van der Waals surface area contributed by atoms with Crippen LogP contribution in [0.15, 0.2) is 24.5 Å². The maximum absolute atomic E-state index is 12.7. The van der Waals surface area contributed by atoms with Crippen molar-refractivity contribution in [2.24, 2.45) is 0 Å². The van der Waals surface area contributed by atoms with Crippen LogP contribution in [-0.4, -0.2) is 47.0 Å². The summed E-state index contributed by atoms with van der Waals surface area (Å²) in [5.41, 5.74) is 1.24. The van der Waals surface area contributed by atoms with Gasteiger partial charge in [0, 0.05) is 38.9 Å². The third kappa shape index (κ3) is 4.96. The minimum absolute atomic E-state index is 0.227. The second-order valence-electron chi connectivity index (χ2n) is 7.67. The molecule has 2 aliphatic heterocycles. The molecule has 0 saturated carbocycles. The van der Waals surface area contributed by atoms with E-state index in [1.165, 1.54) is 31.9 Å². The first-order valence-electron chi connectivity index (χ1n) is 10.5. The van der Waals surface area contributed by atoms with Crippen molar-refractivity contribution in [1.82, 2.24) is 20.3 Å². The molecule has 0 radical (unpaired) electrons. The Morgan fingerprint density at radius 2 is 1.69 bits per heavy atom. The molecule has 2 saturated heterocycles.